The van der Waals surface area contributed by atoms with Crippen molar-refractivity contribution in [2.24, 2.45) is 0 Å². The Hall–Kier alpha value is -6.43. The Balaban J connectivity index is 1.25. The predicted octanol–water partition coefficient (Wildman–Crippen LogP) is 12.5. The van der Waals surface area contributed by atoms with Gasteiger partial charge in [0.15, 0.2) is 17.5 Å². The molecule has 0 atom stereocenters. The Morgan fingerprint density at radius 2 is 0.960 bits per heavy atom. The van der Waals surface area contributed by atoms with Gasteiger partial charge in [0, 0.05) is 53.2 Å². The fourth-order valence-corrected chi connectivity index (χ4v) is 8.02. The second-order valence-corrected chi connectivity index (χ2v) is 13.5. The van der Waals surface area contributed by atoms with E-state index in [2.05, 4.69) is 91.0 Å². The fourth-order valence-electron chi connectivity index (χ4n) is 6.94. The Kier molecular flexibility index (Phi) is 6.64. The van der Waals surface area contributed by atoms with Crippen LogP contribution in [0, 0.1) is 0 Å². The molecule has 7 aromatic carbocycles. The van der Waals surface area contributed by atoms with E-state index in [0.29, 0.717) is 17.5 Å². The molecule has 0 aliphatic carbocycles. The van der Waals surface area contributed by atoms with E-state index in [1.165, 1.54) is 20.2 Å². The van der Waals surface area contributed by atoms with E-state index in [1.807, 2.05) is 84.1 Å². The molecule has 0 N–H and O–H groups in total. The maximum Gasteiger partial charge on any atom is 0.164 e. The maximum atomic E-state index is 6.56. The summed E-state index contributed by atoms with van der Waals surface area (Å²) in [4.78, 5) is 15.3. The van der Waals surface area contributed by atoms with Gasteiger partial charge in [-0.3, -0.25) is 0 Å². The fraction of sp³-hybridized carbons (Fsp3) is 0. The van der Waals surface area contributed by atoms with Crippen molar-refractivity contribution in [3.8, 4) is 56.4 Å². The van der Waals surface area contributed by atoms with Crippen LogP contribution >= 0.6 is 11.3 Å². The zero-order valence-electron chi connectivity index (χ0n) is 26.7. The van der Waals surface area contributed by atoms with Gasteiger partial charge < -0.3 is 4.42 Å². The number of hydrogen-bond donors (Lipinski definition) is 0. The van der Waals surface area contributed by atoms with Gasteiger partial charge in [-0.2, -0.15) is 0 Å². The molecule has 5 heteroatoms. The first kappa shape index (κ1) is 28.6. The summed E-state index contributed by atoms with van der Waals surface area (Å²) < 4.78 is 9.13. The van der Waals surface area contributed by atoms with E-state index in [1.54, 1.807) is 0 Å². The monoisotopic (exact) mass is 657 g/mol. The van der Waals surface area contributed by atoms with Gasteiger partial charge in [-0.25, -0.2) is 15.0 Å². The lowest BCUT2D eigenvalue weighted by Crippen LogP contribution is -2.01. The van der Waals surface area contributed by atoms with E-state index in [-0.39, 0.29) is 0 Å². The van der Waals surface area contributed by atoms with Crippen molar-refractivity contribution in [2.45, 2.75) is 0 Å². The summed E-state index contributed by atoms with van der Waals surface area (Å²) in [6.45, 7) is 0. The lowest BCUT2D eigenvalue weighted by Gasteiger charge is -2.14. The predicted molar refractivity (Wildman–Crippen MR) is 207 cm³/mol. The quantitative estimate of drug-likeness (QED) is 0.185. The maximum absolute atomic E-state index is 6.56. The molecule has 0 bridgehead atoms. The highest BCUT2D eigenvalue weighted by Gasteiger charge is 2.20. The van der Waals surface area contributed by atoms with Crippen molar-refractivity contribution < 1.29 is 4.42 Å². The van der Waals surface area contributed by atoms with Crippen LogP contribution in [0.1, 0.15) is 0 Å². The highest BCUT2D eigenvalue weighted by Crippen LogP contribution is 2.42. The first-order valence-electron chi connectivity index (χ1n) is 16.6. The minimum atomic E-state index is 0.602. The van der Waals surface area contributed by atoms with Gasteiger partial charge in [-0.1, -0.05) is 133 Å². The van der Waals surface area contributed by atoms with E-state index < -0.39 is 0 Å². The van der Waals surface area contributed by atoms with Gasteiger partial charge in [0.2, 0.25) is 0 Å². The number of benzene rings is 7. The highest BCUT2D eigenvalue weighted by atomic mass is 32.1. The molecule has 0 spiro atoms. The third-order valence-corrected chi connectivity index (χ3v) is 10.5. The Labute approximate surface area is 292 Å². The standard InChI is InChI=1S/C45H27N3OS/c1-3-12-28(13-4-1)43-46-44(29-14-5-2-6-15-29)48-45(47-43)38-27-30(31-23-25-41-37(26-31)34-17-8-10-21-40(34)50-41)22-24-32(38)35-18-11-19-36-33-16-7-9-20-39(33)49-42(35)36/h1-27H. The number of rotatable bonds is 5. The number of nitrogens with zero attached hydrogens (tertiary/aromatic N) is 3. The molecule has 50 heavy (non-hydrogen) atoms. The van der Waals surface area contributed by atoms with Gasteiger partial charge in [-0.15, -0.1) is 11.3 Å². The molecule has 0 aliphatic rings. The molecule has 0 saturated carbocycles. The lowest BCUT2D eigenvalue weighted by atomic mass is 9.93. The summed E-state index contributed by atoms with van der Waals surface area (Å²) in [5.74, 6) is 1.85. The van der Waals surface area contributed by atoms with Gasteiger partial charge >= 0.3 is 0 Å². The molecule has 3 aromatic heterocycles. The number of hydrogen-bond acceptors (Lipinski definition) is 5. The summed E-state index contributed by atoms with van der Waals surface area (Å²) in [6, 6.07) is 56.8. The first-order valence-corrected chi connectivity index (χ1v) is 17.4. The largest absolute Gasteiger partial charge is 0.455 e. The van der Waals surface area contributed by atoms with E-state index >= 15 is 0 Å². The van der Waals surface area contributed by atoms with Crippen LogP contribution in [0.25, 0.3) is 98.5 Å². The van der Waals surface area contributed by atoms with Gasteiger partial charge in [-0.05, 0) is 47.0 Å². The van der Waals surface area contributed by atoms with Crippen LogP contribution in [0.2, 0.25) is 0 Å². The Morgan fingerprint density at radius 1 is 0.360 bits per heavy atom. The highest BCUT2D eigenvalue weighted by molar-refractivity contribution is 7.25. The third-order valence-electron chi connectivity index (χ3n) is 9.36. The number of aromatic nitrogens is 3. The molecular weight excluding hydrogens is 631 g/mol. The molecule has 0 amide bonds. The molecule has 10 rings (SSSR count). The average Bonchev–Trinajstić information content (AvgIpc) is 3.76. The SMILES string of the molecule is c1ccc(-c2nc(-c3ccccc3)nc(-c3cc(-c4ccc5sc6ccccc6c5c4)ccc3-c3cccc4c3oc3ccccc34)n2)cc1. The average molecular weight is 658 g/mol. The zero-order chi connectivity index (χ0) is 33.0. The van der Waals surface area contributed by atoms with Crippen molar-refractivity contribution >= 4 is 53.4 Å². The van der Waals surface area contributed by atoms with E-state index in [9.17, 15) is 0 Å². The van der Waals surface area contributed by atoms with Crippen molar-refractivity contribution in [2.75, 3.05) is 0 Å². The van der Waals surface area contributed by atoms with Crippen molar-refractivity contribution in [3.05, 3.63) is 164 Å². The summed E-state index contributed by atoms with van der Waals surface area (Å²) in [5, 5.41) is 4.71. The van der Waals surface area contributed by atoms with Crippen LogP contribution in [0.3, 0.4) is 0 Å². The molecule has 234 valence electrons. The van der Waals surface area contributed by atoms with Crippen LogP contribution in [0.5, 0.6) is 0 Å². The molecule has 0 radical (unpaired) electrons. The van der Waals surface area contributed by atoms with Crippen LogP contribution < -0.4 is 0 Å². The number of para-hydroxylation sites is 2. The number of fused-ring (bicyclic) bond motifs is 6. The molecule has 10 aromatic rings. The van der Waals surface area contributed by atoms with E-state index in [4.69, 9.17) is 19.4 Å². The minimum absolute atomic E-state index is 0.602. The van der Waals surface area contributed by atoms with Gasteiger partial charge in [0.1, 0.15) is 11.2 Å². The molecule has 3 heterocycles. The second-order valence-electron chi connectivity index (χ2n) is 12.4. The minimum Gasteiger partial charge on any atom is -0.455 e. The summed E-state index contributed by atoms with van der Waals surface area (Å²) in [6.07, 6.45) is 0. The molecule has 0 fully saturated rings. The van der Waals surface area contributed by atoms with Crippen molar-refractivity contribution in [1.29, 1.82) is 0 Å². The normalized spacial score (nSPS) is 11.6. The van der Waals surface area contributed by atoms with Gasteiger partial charge in [0.05, 0.1) is 0 Å². The molecule has 0 saturated heterocycles. The van der Waals surface area contributed by atoms with Crippen LogP contribution in [-0.4, -0.2) is 15.0 Å². The molecule has 0 aliphatic heterocycles. The van der Waals surface area contributed by atoms with E-state index in [0.717, 1.165) is 60.9 Å². The van der Waals surface area contributed by atoms with Gasteiger partial charge in [0.25, 0.3) is 0 Å². The van der Waals surface area contributed by atoms with Crippen LogP contribution in [0.4, 0.5) is 0 Å². The summed E-state index contributed by atoms with van der Waals surface area (Å²) in [5.41, 5.74) is 8.67. The topological polar surface area (TPSA) is 51.8 Å². The first-order chi connectivity index (χ1) is 24.8. The van der Waals surface area contributed by atoms with Crippen molar-refractivity contribution in [1.82, 2.24) is 15.0 Å². The molecular formula is C45H27N3OS. The lowest BCUT2D eigenvalue weighted by molar-refractivity contribution is 0.670. The van der Waals surface area contributed by atoms with Crippen molar-refractivity contribution in [3.63, 3.8) is 0 Å². The molecule has 0 unspecified atom stereocenters. The smallest absolute Gasteiger partial charge is 0.164 e. The van der Waals surface area contributed by atoms with Crippen LogP contribution in [0.15, 0.2) is 168 Å². The Bertz CT molecular complexity index is 2820. The number of thiophene rings is 1. The Morgan fingerprint density at radius 3 is 1.74 bits per heavy atom. The third kappa shape index (κ3) is 4.79. The van der Waals surface area contributed by atoms with Crippen LogP contribution in [-0.2, 0) is 0 Å². The summed E-state index contributed by atoms with van der Waals surface area (Å²) >= 11 is 1.83. The zero-order valence-corrected chi connectivity index (χ0v) is 27.6. The molecule has 4 nitrogen and oxygen atoms in total. The number of furan rings is 1. The summed E-state index contributed by atoms with van der Waals surface area (Å²) in [7, 11) is 0. The second kappa shape index (κ2) is 11.6.